The molecule has 0 aliphatic heterocycles. The van der Waals surface area contributed by atoms with E-state index in [0.29, 0.717) is 51.1 Å². The number of nitrogens with zero attached hydrogens (tertiary/aromatic N) is 1. The number of nitrogens with one attached hydrogen (secondary N) is 1. The first kappa shape index (κ1) is 23.2. The van der Waals surface area contributed by atoms with Gasteiger partial charge in [-0.25, -0.2) is 0 Å². The number of carbonyl (C=O) groups is 4. The van der Waals surface area contributed by atoms with E-state index in [9.17, 15) is 19.2 Å². The Bertz CT molecular complexity index is 1170. The highest BCUT2D eigenvalue weighted by atomic mass is 35.5. The van der Waals surface area contributed by atoms with E-state index in [1.165, 1.54) is 7.11 Å². The number of hydrogen-bond acceptors (Lipinski definition) is 5. The number of rotatable bonds is 9. The SMILES string of the molecule is COc1ccc2c(c1)c(CC(=O)NC(C=O)CCC=O)c(C)n2C(=O)c1ccc(Cl)cc1. The van der Waals surface area contributed by atoms with Crippen LogP contribution in [0.1, 0.15) is 34.5 Å². The molecule has 0 saturated heterocycles. The number of methoxy groups -OCH3 is 1. The van der Waals surface area contributed by atoms with Gasteiger partial charge in [0.2, 0.25) is 5.91 Å². The second-order valence-corrected chi connectivity index (χ2v) is 7.76. The number of hydrogen-bond donors (Lipinski definition) is 1. The monoisotopic (exact) mass is 454 g/mol. The van der Waals surface area contributed by atoms with Crippen LogP contribution in [-0.2, 0) is 20.8 Å². The van der Waals surface area contributed by atoms with Crippen molar-refractivity contribution in [2.45, 2.75) is 32.2 Å². The Hall–Kier alpha value is -3.45. The summed E-state index contributed by atoms with van der Waals surface area (Å²) in [5, 5.41) is 3.87. The summed E-state index contributed by atoms with van der Waals surface area (Å²) in [5.41, 5.74) is 2.35. The van der Waals surface area contributed by atoms with Crippen LogP contribution in [0, 0.1) is 6.92 Å². The molecule has 32 heavy (non-hydrogen) atoms. The van der Waals surface area contributed by atoms with Crippen LogP contribution in [0.15, 0.2) is 42.5 Å². The lowest BCUT2D eigenvalue weighted by molar-refractivity contribution is -0.123. The van der Waals surface area contributed by atoms with Crippen molar-refractivity contribution in [2.75, 3.05) is 7.11 Å². The molecule has 8 heteroatoms. The predicted molar refractivity (Wildman–Crippen MR) is 121 cm³/mol. The van der Waals surface area contributed by atoms with E-state index in [4.69, 9.17) is 16.3 Å². The highest BCUT2D eigenvalue weighted by Crippen LogP contribution is 2.31. The first-order valence-electron chi connectivity index (χ1n) is 10.1. The van der Waals surface area contributed by atoms with Gasteiger partial charge in [-0.2, -0.15) is 0 Å². The van der Waals surface area contributed by atoms with Gasteiger partial charge in [-0.3, -0.25) is 14.2 Å². The Labute approximate surface area is 190 Å². The molecule has 1 atom stereocenters. The maximum Gasteiger partial charge on any atom is 0.262 e. The van der Waals surface area contributed by atoms with E-state index in [2.05, 4.69) is 5.32 Å². The Morgan fingerprint density at radius 1 is 1.16 bits per heavy atom. The molecule has 0 fully saturated rings. The minimum absolute atomic E-state index is 0.0399. The summed E-state index contributed by atoms with van der Waals surface area (Å²) >= 11 is 5.95. The highest BCUT2D eigenvalue weighted by Gasteiger charge is 2.23. The van der Waals surface area contributed by atoms with Crippen LogP contribution in [-0.4, -0.2) is 42.1 Å². The van der Waals surface area contributed by atoms with Crippen LogP contribution in [0.25, 0.3) is 10.9 Å². The van der Waals surface area contributed by atoms with Crippen molar-refractivity contribution >= 4 is 46.9 Å². The molecule has 7 nitrogen and oxygen atoms in total. The molecule has 0 bridgehead atoms. The van der Waals surface area contributed by atoms with Gasteiger partial charge in [-0.15, -0.1) is 0 Å². The fourth-order valence-corrected chi connectivity index (χ4v) is 3.76. The molecule has 1 heterocycles. The summed E-state index contributed by atoms with van der Waals surface area (Å²) in [6.45, 7) is 1.77. The molecule has 2 aromatic carbocycles. The normalized spacial score (nSPS) is 11.7. The van der Waals surface area contributed by atoms with Gasteiger partial charge in [0.1, 0.15) is 18.3 Å². The van der Waals surface area contributed by atoms with Gasteiger partial charge in [-0.1, -0.05) is 11.6 Å². The number of aromatic nitrogens is 1. The predicted octanol–water partition coefficient (Wildman–Crippen LogP) is 3.51. The fraction of sp³-hybridized carbons (Fsp3) is 0.250. The summed E-state index contributed by atoms with van der Waals surface area (Å²) < 4.78 is 6.89. The van der Waals surface area contributed by atoms with Crippen LogP contribution < -0.4 is 10.1 Å². The third-order valence-electron chi connectivity index (χ3n) is 5.28. The third kappa shape index (κ3) is 4.89. The first-order chi connectivity index (χ1) is 15.4. The Kier molecular flexibility index (Phi) is 7.43. The zero-order valence-corrected chi connectivity index (χ0v) is 18.5. The first-order valence-corrected chi connectivity index (χ1v) is 10.4. The van der Waals surface area contributed by atoms with Crippen molar-refractivity contribution in [2.24, 2.45) is 0 Å². The molecular formula is C24H23ClN2O5. The molecular weight excluding hydrogens is 432 g/mol. The van der Waals surface area contributed by atoms with Gasteiger partial charge in [0.15, 0.2) is 0 Å². The second-order valence-electron chi connectivity index (χ2n) is 7.33. The lowest BCUT2D eigenvalue weighted by Crippen LogP contribution is -2.37. The smallest absolute Gasteiger partial charge is 0.262 e. The minimum atomic E-state index is -0.744. The number of ether oxygens (including phenoxy) is 1. The lowest BCUT2D eigenvalue weighted by atomic mass is 10.1. The second kappa shape index (κ2) is 10.2. The molecule has 0 aliphatic carbocycles. The zero-order chi connectivity index (χ0) is 23.3. The number of carbonyl (C=O) groups excluding carboxylic acids is 4. The van der Waals surface area contributed by atoms with E-state index in [-0.39, 0.29) is 31.1 Å². The van der Waals surface area contributed by atoms with Gasteiger partial charge in [0, 0.05) is 28.1 Å². The van der Waals surface area contributed by atoms with E-state index in [0.717, 1.165) is 0 Å². The van der Waals surface area contributed by atoms with Gasteiger partial charge >= 0.3 is 0 Å². The highest BCUT2D eigenvalue weighted by molar-refractivity contribution is 6.30. The lowest BCUT2D eigenvalue weighted by Gasteiger charge is -2.12. The molecule has 3 rings (SSSR count). The number of fused-ring (bicyclic) bond motifs is 1. The molecule has 0 aliphatic rings. The van der Waals surface area contributed by atoms with Crippen LogP contribution >= 0.6 is 11.6 Å². The van der Waals surface area contributed by atoms with Gasteiger partial charge in [0.25, 0.3) is 5.91 Å². The van der Waals surface area contributed by atoms with Gasteiger partial charge in [-0.05, 0) is 61.4 Å². The standard InChI is InChI=1S/C24H23ClN2O5/c1-15-20(13-23(30)26-18(14-29)4-3-11-28)21-12-19(32-2)9-10-22(21)27(15)24(31)16-5-7-17(25)8-6-16/h5-12,14,18H,3-4,13H2,1-2H3,(H,26,30). The van der Waals surface area contributed by atoms with Crippen molar-refractivity contribution < 1.29 is 23.9 Å². The number of benzene rings is 2. The van der Waals surface area contributed by atoms with E-state index < -0.39 is 6.04 Å². The molecule has 0 spiro atoms. The Morgan fingerprint density at radius 3 is 2.50 bits per heavy atom. The molecule has 1 unspecified atom stereocenters. The zero-order valence-electron chi connectivity index (χ0n) is 17.8. The molecule has 1 aromatic heterocycles. The fourth-order valence-electron chi connectivity index (χ4n) is 3.64. The summed E-state index contributed by atoms with van der Waals surface area (Å²) in [4.78, 5) is 47.8. The number of aldehydes is 2. The van der Waals surface area contributed by atoms with Crippen molar-refractivity contribution in [1.82, 2.24) is 9.88 Å². The van der Waals surface area contributed by atoms with Crippen molar-refractivity contribution in [3.05, 3.63) is 64.3 Å². The van der Waals surface area contributed by atoms with Crippen LogP contribution in [0.2, 0.25) is 5.02 Å². The largest absolute Gasteiger partial charge is 0.497 e. The van der Waals surface area contributed by atoms with E-state index in [1.807, 2.05) is 0 Å². The molecule has 3 aromatic rings. The Balaban J connectivity index is 2.02. The average molecular weight is 455 g/mol. The van der Waals surface area contributed by atoms with Crippen molar-refractivity contribution in [3.8, 4) is 5.75 Å². The summed E-state index contributed by atoms with van der Waals surface area (Å²) in [6, 6.07) is 11.1. The van der Waals surface area contributed by atoms with Crippen LogP contribution in [0.4, 0.5) is 0 Å². The van der Waals surface area contributed by atoms with Gasteiger partial charge < -0.3 is 19.6 Å². The van der Waals surface area contributed by atoms with Crippen molar-refractivity contribution in [3.63, 3.8) is 0 Å². The molecule has 1 amide bonds. The maximum absolute atomic E-state index is 13.3. The van der Waals surface area contributed by atoms with E-state index in [1.54, 1.807) is 54.0 Å². The number of halogens is 1. The van der Waals surface area contributed by atoms with Crippen LogP contribution in [0.5, 0.6) is 5.75 Å². The molecule has 166 valence electrons. The molecule has 0 radical (unpaired) electrons. The van der Waals surface area contributed by atoms with Gasteiger partial charge in [0.05, 0.1) is 25.1 Å². The number of amides is 1. The average Bonchev–Trinajstić information content (AvgIpc) is 3.07. The third-order valence-corrected chi connectivity index (χ3v) is 5.53. The molecule has 0 saturated carbocycles. The Morgan fingerprint density at radius 2 is 1.88 bits per heavy atom. The summed E-state index contributed by atoms with van der Waals surface area (Å²) in [6.07, 6.45) is 1.69. The topological polar surface area (TPSA) is 94.5 Å². The van der Waals surface area contributed by atoms with Crippen molar-refractivity contribution in [1.29, 1.82) is 0 Å². The quantitative estimate of drug-likeness (QED) is 0.499. The molecule has 1 N–H and O–H groups in total. The summed E-state index contributed by atoms with van der Waals surface area (Å²) in [7, 11) is 1.54. The minimum Gasteiger partial charge on any atom is -0.497 e. The maximum atomic E-state index is 13.3. The summed E-state index contributed by atoms with van der Waals surface area (Å²) in [5.74, 6) is -0.0401. The van der Waals surface area contributed by atoms with Crippen LogP contribution in [0.3, 0.4) is 0 Å². The van der Waals surface area contributed by atoms with E-state index >= 15 is 0 Å².